The van der Waals surface area contributed by atoms with Crippen LogP contribution < -0.4 is 10.6 Å². The summed E-state index contributed by atoms with van der Waals surface area (Å²) >= 11 is 0. The third-order valence-corrected chi connectivity index (χ3v) is 5.68. The van der Waals surface area contributed by atoms with Crippen molar-refractivity contribution in [3.8, 4) is 0 Å². The van der Waals surface area contributed by atoms with Gasteiger partial charge in [-0.05, 0) is 48.6 Å². The van der Waals surface area contributed by atoms with Crippen LogP contribution in [0.15, 0.2) is 54.7 Å². The predicted molar refractivity (Wildman–Crippen MR) is 119 cm³/mol. The summed E-state index contributed by atoms with van der Waals surface area (Å²) in [6, 6.07) is 12.8. The molecule has 2 N–H and O–H groups in total. The van der Waals surface area contributed by atoms with Crippen molar-refractivity contribution in [3.63, 3.8) is 0 Å². The lowest BCUT2D eigenvalue weighted by molar-refractivity contribution is -0.384. The van der Waals surface area contributed by atoms with Crippen LogP contribution in [-0.4, -0.2) is 14.9 Å². The van der Waals surface area contributed by atoms with Crippen LogP contribution in [0.5, 0.6) is 0 Å². The molecule has 0 radical (unpaired) electrons. The van der Waals surface area contributed by atoms with Crippen LogP contribution in [0.1, 0.15) is 49.1 Å². The van der Waals surface area contributed by atoms with E-state index in [0.29, 0.717) is 17.8 Å². The molecule has 1 aliphatic carbocycles. The second-order valence-electron chi connectivity index (χ2n) is 7.96. The largest absolute Gasteiger partial charge is 0.421 e. The van der Waals surface area contributed by atoms with E-state index in [9.17, 15) is 23.3 Å². The average Bonchev–Trinajstić information content (AvgIpc) is 2.80. The first-order valence-corrected chi connectivity index (χ1v) is 10.6. The molecule has 1 heterocycles. The Bertz CT molecular complexity index is 1110. The monoisotopic (exact) mass is 457 g/mol. The summed E-state index contributed by atoms with van der Waals surface area (Å²) in [6.45, 7) is 0. The zero-order chi connectivity index (χ0) is 23.4. The number of alkyl halides is 3. The minimum Gasteiger partial charge on any atom is -0.340 e. The molecule has 0 atom stereocenters. The van der Waals surface area contributed by atoms with Crippen LogP contribution in [-0.2, 0) is 6.18 Å². The van der Waals surface area contributed by atoms with Gasteiger partial charge < -0.3 is 10.6 Å². The maximum Gasteiger partial charge on any atom is 0.421 e. The van der Waals surface area contributed by atoms with Crippen LogP contribution in [0.2, 0.25) is 0 Å². The second kappa shape index (κ2) is 9.43. The molecule has 0 unspecified atom stereocenters. The molecule has 1 saturated carbocycles. The SMILES string of the molecule is O=[N+]([O-])c1ccc(Nc2nc(Nc3ccc(C4CCCCC4)cc3)ncc2C(F)(F)F)cc1. The molecule has 0 saturated heterocycles. The highest BCUT2D eigenvalue weighted by Gasteiger charge is 2.35. The number of halogens is 3. The normalized spacial score (nSPS) is 14.6. The molecule has 4 rings (SSSR count). The Hall–Kier alpha value is -3.69. The molecule has 0 aliphatic heterocycles. The van der Waals surface area contributed by atoms with Crippen molar-refractivity contribution in [2.75, 3.05) is 10.6 Å². The van der Waals surface area contributed by atoms with Crippen LogP contribution in [0.3, 0.4) is 0 Å². The van der Waals surface area contributed by atoms with Gasteiger partial charge in [-0.25, -0.2) is 4.98 Å². The van der Waals surface area contributed by atoms with E-state index in [4.69, 9.17) is 0 Å². The van der Waals surface area contributed by atoms with Crippen molar-refractivity contribution in [3.05, 3.63) is 76.0 Å². The molecule has 33 heavy (non-hydrogen) atoms. The number of nitrogens with zero attached hydrogens (tertiary/aromatic N) is 3. The topological polar surface area (TPSA) is 93.0 Å². The summed E-state index contributed by atoms with van der Waals surface area (Å²) in [6.07, 6.45) is 2.11. The lowest BCUT2D eigenvalue weighted by atomic mass is 9.84. The second-order valence-corrected chi connectivity index (χ2v) is 7.96. The summed E-state index contributed by atoms with van der Waals surface area (Å²) < 4.78 is 40.4. The first kappa shape index (κ1) is 22.5. The maximum absolute atomic E-state index is 13.5. The number of non-ortho nitro benzene ring substituents is 1. The van der Waals surface area contributed by atoms with Gasteiger partial charge in [-0.2, -0.15) is 18.2 Å². The van der Waals surface area contributed by atoms with Crippen LogP contribution in [0.4, 0.5) is 42.0 Å². The van der Waals surface area contributed by atoms with Gasteiger partial charge in [0.15, 0.2) is 0 Å². The van der Waals surface area contributed by atoms with Gasteiger partial charge in [0.1, 0.15) is 11.4 Å². The van der Waals surface area contributed by atoms with E-state index in [2.05, 4.69) is 20.6 Å². The zero-order valence-corrected chi connectivity index (χ0v) is 17.6. The number of nitro benzene ring substituents is 1. The number of hydrogen-bond acceptors (Lipinski definition) is 6. The van der Waals surface area contributed by atoms with Gasteiger partial charge in [0.25, 0.3) is 5.69 Å². The van der Waals surface area contributed by atoms with Gasteiger partial charge in [-0.1, -0.05) is 31.4 Å². The molecule has 172 valence electrons. The fourth-order valence-corrected chi connectivity index (χ4v) is 3.95. The van der Waals surface area contributed by atoms with Crippen LogP contribution in [0.25, 0.3) is 0 Å². The fourth-order valence-electron chi connectivity index (χ4n) is 3.95. The molecule has 0 spiro atoms. The minimum absolute atomic E-state index is 0.00201. The van der Waals surface area contributed by atoms with Gasteiger partial charge in [-0.15, -0.1) is 0 Å². The highest BCUT2D eigenvalue weighted by Crippen LogP contribution is 2.36. The Morgan fingerprint density at radius 3 is 2.12 bits per heavy atom. The maximum atomic E-state index is 13.5. The third-order valence-electron chi connectivity index (χ3n) is 5.68. The summed E-state index contributed by atoms with van der Waals surface area (Å²) in [4.78, 5) is 18.0. The van der Waals surface area contributed by atoms with Crippen molar-refractivity contribution >= 4 is 28.8 Å². The highest BCUT2D eigenvalue weighted by molar-refractivity contribution is 5.63. The Morgan fingerprint density at radius 1 is 0.909 bits per heavy atom. The Kier molecular flexibility index (Phi) is 6.43. The molecule has 7 nitrogen and oxygen atoms in total. The molecular formula is C23H22F3N5O2. The lowest BCUT2D eigenvalue weighted by Crippen LogP contribution is -2.12. The highest BCUT2D eigenvalue weighted by atomic mass is 19.4. The Balaban J connectivity index is 1.54. The Morgan fingerprint density at radius 2 is 1.52 bits per heavy atom. The fraction of sp³-hybridized carbons (Fsp3) is 0.304. The molecule has 3 aromatic rings. The number of rotatable bonds is 6. The lowest BCUT2D eigenvalue weighted by Gasteiger charge is -2.22. The minimum atomic E-state index is -4.68. The summed E-state index contributed by atoms with van der Waals surface area (Å²) in [5.41, 5.74) is 0.940. The third kappa shape index (κ3) is 5.57. The molecule has 1 aliphatic rings. The number of anilines is 4. The van der Waals surface area contributed by atoms with Crippen LogP contribution in [0, 0.1) is 10.1 Å². The van der Waals surface area contributed by atoms with E-state index in [-0.39, 0.29) is 17.3 Å². The molecule has 1 aromatic heterocycles. The van der Waals surface area contributed by atoms with Crippen molar-refractivity contribution in [2.24, 2.45) is 0 Å². The summed E-state index contributed by atoms with van der Waals surface area (Å²) in [7, 11) is 0. The van der Waals surface area contributed by atoms with Gasteiger partial charge in [0.05, 0.1) is 4.92 Å². The van der Waals surface area contributed by atoms with Gasteiger partial charge in [-0.3, -0.25) is 10.1 Å². The van der Waals surface area contributed by atoms with Crippen LogP contribution >= 0.6 is 0 Å². The quantitative estimate of drug-likeness (QED) is 0.308. The van der Waals surface area contributed by atoms with E-state index in [1.54, 1.807) is 0 Å². The van der Waals surface area contributed by atoms with Crippen molar-refractivity contribution in [1.82, 2.24) is 9.97 Å². The van der Waals surface area contributed by atoms with Gasteiger partial charge in [0.2, 0.25) is 5.95 Å². The van der Waals surface area contributed by atoms with Crippen molar-refractivity contribution in [2.45, 2.75) is 44.2 Å². The van der Waals surface area contributed by atoms with E-state index in [1.807, 2.05) is 24.3 Å². The smallest absolute Gasteiger partial charge is 0.340 e. The van der Waals surface area contributed by atoms with Gasteiger partial charge >= 0.3 is 6.18 Å². The first-order valence-electron chi connectivity index (χ1n) is 10.6. The number of aromatic nitrogens is 2. The molecule has 0 amide bonds. The zero-order valence-electron chi connectivity index (χ0n) is 17.6. The molecule has 2 aromatic carbocycles. The number of nitrogens with one attached hydrogen (secondary N) is 2. The van der Waals surface area contributed by atoms with E-state index in [1.165, 1.54) is 61.9 Å². The molecular weight excluding hydrogens is 435 g/mol. The summed E-state index contributed by atoms with van der Waals surface area (Å²) in [5.74, 6) is 0.0955. The molecule has 0 bridgehead atoms. The first-order chi connectivity index (χ1) is 15.8. The van der Waals surface area contributed by atoms with E-state index in [0.717, 1.165) is 0 Å². The standard InChI is InChI=1S/C23H22F3N5O2/c24-23(25,26)20-14-27-22(30-21(20)28-17-10-12-19(13-11-17)31(32)33)29-18-8-6-16(7-9-18)15-4-2-1-3-5-15/h6-15H,1-5H2,(H2,27,28,29,30). The van der Waals surface area contributed by atoms with E-state index < -0.39 is 22.5 Å². The number of nitro groups is 1. The van der Waals surface area contributed by atoms with Crippen molar-refractivity contribution in [1.29, 1.82) is 0 Å². The van der Waals surface area contributed by atoms with Crippen molar-refractivity contribution < 1.29 is 18.1 Å². The number of benzene rings is 2. The number of hydrogen-bond donors (Lipinski definition) is 2. The average molecular weight is 457 g/mol. The van der Waals surface area contributed by atoms with E-state index >= 15 is 0 Å². The molecule has 1 fully saturated rings. The predicted octanol–water partition coefficient (Wildman–Crippen LogP) is 6.94. The van der Waals surface area contributed by atoms with Gasteiger partial charge in [0, 0.05) is 29.7 Å². The molecule has 10 heteroatoms. The Labute approximate surface area is 188 Å². The summed E-state index contributed by atoms with van der Waals surface area (Å²) in [5, 5.41) is 16.3.